The minimum Gasteiger partial charge on any atom is -0.311 e. The molecule has 0 spiro atoms. The fraction of sp³-hybridized carbons (Fsp3) is 0.571. The van der Waals surface area contributed by atoms with Crippen LogP contribution in [-0.2, 0) is 12.0 Å². The summed E-state index contributed by atoms with van der Waals surface area (Å²) in [6.45, 7) is 10.7. The monoisotopic (exact) mass is 295 g/mol. The largest absolute Gasteiger partial charge is 0.311 e. The Balaban J connectivity index is 1.81. The highest BCUT2D eigenvalue weighted by atomic mass is 32.1. The van der Waals surface area contributed by atoms with E-state index < -0.39 is 0 Å². The Bertz CT molecular complexity index is 497. The van der Waals surface area contributed by atoms with Crippen LogP contribution in [0.4, 0.5) is 0 Å². The highest BCUT2D eigenvalue weighted by Crippen LogP contribution is 2.26. The Kier molecular flexibility index (Phi) is 4.71. The van der Waals surface area contributed by atoms with Gasteiger partial charge in [0.25, 0.3) is 0 Å². The van der Waals surface area contributed by atoms with Crippen LogP contribution >= 0.6 is 22.7 Å². The predicted molar refractivity (Wildman–Crippen MR) is 83.0 cm³/mol. The number of hydrogen-bond donors (Lipinski definition) is 1. The summed E-state index contributed by atoms with van der Waals surface area (Å²) in [5, 5.41) is 7.93. The lowest BCUT2D eigenvalue weighted by Gasteiger charge is -2.13. The van der Waals surface area contributed by atoms with Gasteiger partial charge >= 0.3 is 0 Å². The SMILES string of the molecule is CC(CNCc1cnc(C(C)(C)C)s1)c1nccs1. The second kappa shape index (κ2) is 6.11. The van der Waals surface area contributed by atoms with Crippen molar-refractivity contribution in [1.29, 1.82) is 0 Å². The highest BCUT2D eigenvalue weighted by Gasteiger charge is 2.17. The first-order valence-corrected chi connectivity index (χ1v) is 8.21. The third-order valence-corrected chi connectivity index (χ3v) is 5.25. The van der Waals surface area contributed by atoms with E-state index >= 15 is 0 Å². The van der Waals surface area contributed by atoms with Gasteiger partial charge in [-0.1, -0.05) is 27.7 Å². The van der Waals surface area contributed by atoms with Crippen molar-refractivity contribution in [3.8, 4) is 0 Å². The van der Waals surface area contributed by atoms with Crippen molar-refractivity contribution in [2.75, 3.05) is 6.54 Å². The fourth-order valence-corrected chi connectivity index (χ4v) is 3.35. The van der Waals surface area contributed by atoms with Crippen molar-refractivity contribution in [2.45, 2.75) is 45.6 Å². The van der Waals surface area contributed by atoms with Gasteiger partial charge in [-0.15, -0.1) is 22.7 Å². The molecule has 2 rings (SSSR count). The molecule has 0 amide bonds. The van der Waals surface area contributed by atoms with Crippen LogP contribution in [0, 0.1) is 0 Å². The molecule has 0 aliphatic heterocycles. The van der Waals surface area contributed by atoms with E-state index in [4.69, 9.17) is 0 Å². The average Bonchev–Trinajstić information content (AvgIpc) is 2.99. The van der Waals surface area contributed by atoms with Crippen molar-refractivity contribution in [3.63, 3.8) is 0 Å². The summed E-state index contributed by atoms with van der Waals surface area (Å²) < 4.78 is 0. The third kappa shape index (κ3) is 4.09. The second-order valence-corrected chi connectivity index (χ2v) is 7.83. The molecule has 104 valence electrons. The van der Waals surface area contributed by atoms with E-state index in [1.165, 1.54) is 14.9 Å². The van der Waals surface area contributed by atoms with E-state index in [0.717, 1.165) is 13.1 Å². The van der Waals surface area contributed by atoms with Crippen molar-refractivity contribution in [3.05, 3.63) is 32.7 Å². The number of rotatable bonds is 5. The van der Waals surface area contributed by atoms with Crippen LogP contribution in [-0.4, -0.2) is 16.5 Å². The molecule has 3 nitrogen and oxygen atoms in total. The molecular formula is C14H21N3S2. The molecule has 1 unspecified atom stereocenters. The van der Waals surface area contributed by atoms with Gasteiger partial charge in [-0.3, -0.25) is 0 Å². The number of thiazole rings is 2. The zero-order valence-electron chi connectivity index (χ0n) is 11.9. The molecule has 5 heteroatoms. The number of nitrogens with one attached hydrogen (secondary N) is 1. The van der Waals surface area contributed by atoms with Crippen LogP contribution in [0.1, 0.15) is 48.5 Å². The molecule has 0 aliphatic rings. The van der Waals surface area contributed by atoms with Crippen LogP contribution in [0.2, 0.25) is 0 Å². The van der Waals surface area contributed by atoms with E-state index in [0.29, 0.717) is 5.92 Å². The Morgan fingerprint density at radius 2 is 2.11 bits per heavy atom. The molecule has 2 aromatic heterocycles. The van der Waals surface area contributed by atoms with Gasteiger partial charge in [0, 0.05) is 47.1 Å². The first-order valence-electron chi connectivity index (χ1n) is 6.52. The molecule has 0 saturated heterocycles. The summed E-state index contributed by atoms with van der Waals surface area (Å²) >= 11 is 3.53. The molecule has 1 atom stereocenters. The highest BCUT2D eigenvalue weighted by molar-refractivity contribution is 7.11. The Morgan fingerprint density at radius 3 is 2.68 bits per heavy atom. The maximum absolute atomic E-state index is 4.50. The lowest BCUT2D eigenvalue weighted by molar-refractivity contribution is 0.585. The Hall–Kier alpha value is -0.780. The van der Waals surface area contributed by atoms with Gasteiger partial charge in [0.2, 0.25) is 0 Å². The second-order valence-electron chi connectivity index (χ2n) is 5.78. The summed E-state index contributed by atoms with van der Waals surface area (Å²) in [6, 6.07) is 0. The minimum absolute atomic E-state index is 0.150. The van der Waals surface area contributed by atoms with E-state index in [-0.39, 0.29) is 5.41 Å². The summed E-state index contributed by atoms with van der Waals surface area (Å²) in [5.74, 6) is 0.468. The topological polar surface area (TPSA) is 37.8 Å². The van der Waals surface area contributed by atoms with E-state index in [2.05, 4.69) is 43.0 Å². The molecule has 0 radical (unpaired) electrons. The zero-order chi connectivity index (χ0) is 13.9. The molecule has 0 fully saturated rings. The minimum atomic E-state index is 0.150. The fourth-order valence-electron chi connectivity index (χ4n) is 1.71. The summed E-state index contributed by atoms with van der Waals surface area (Å²) in [4.78, 5) is 10.2. The number of nitrogens with zero attached hydrogens (tertiary/aromatic N) is 2. The predicted octanol–water partition coefficient (Wildman–Crippen LogP) is 3.79. The van der Waals surface area contributed by atoms with Gasteiger partial charge in [-0.05, 0) is 0 Å². The van der Waals surface area contributed by atoms with Crippen LogP contribution in [0.25, 0.3) is 0 Å². The summed E-state index contributed by atoms with van der Waals surface area (Å²) in [6.07, 6.45) is 3.86. The number of hydrogen-bond acceptors (Lipinski definition) is 5. The van der Waals surface area contributed by atoms with E-state index in [1.807, 2.05) is 17.8 Å². The molecule has 2 heterocycles. The molecule has 0 bridgehead atoms. The number of aromatic nitrogens is 2. The van der Waals surface area contributed by atoms with Gasteiger partial charge < -0.3 is 5.32 Å². The molecule has 1 N–H and O–H groups in total. The molecule has 0 aromatic carbocycles. The Morgan fingerprint density at radius 1 is 1.32 bits per heavy atom. The first-order chi connectivity index (χ1) is 8.97. The van der Waals surface area contributed by atoms with Gasteiger partial charge in [0.1, 0.15) is 0 Å². The average molecular weight is 295 g/mol. The van der Waals surface area contributed by atoms with Gasteiger partial charge in [0.05, 0.1) is 10.0 Å². The smallest absolute Gasteiger partial charge is 0.0981 e. The van der Waals surface area contributed by atoms with Crippen molar-refractivity contribution in [2.24, 2.45) is 0 Å². The molecule has 0 saturated carbocycles. The third-order valence-electron chi connectivity index (χ3n) is 2.82. The quantitative estimate of drug-likeness (QED) is 0.912. The van der Waals surface area contributed by atoms with Gasteiger partial charge in [-0.2, -0.15) is 0 Å². The summed E-state index contributed by atoms with van der Waals surface area (Å²) in [5.41, 5.74) is 0.150. The van der Waals surface area contributed by atoms with E-state index in [9.17, 15) is 0 Å². The maximum atomic E-state index is 4.50. The van der Waals surface area contributed by atoms with Crippen LogP contribution in [0.3, 0.4) is 0 Å². The normalized spacial score (nSPS) is 13.7. The zero-order valence-corrected chi connectivity index (χ0v) is 13.6. The first kappa shape index (κ1) is 14.6. The standard InChI is InChI=1S/C14H21N3S2/c1-10(12-16-5-6-18-12)7-15-8-11-9-17-13(19-11)14(2,3)4/h5-6,9-10,15H,7-8H2,1-4H3. The lowest BCUT2D eigenvalue weighted by Crippen LogP contribution is -2.19. The lowest BCUT2D eigenvalue weighted by atomic mass is 9.98. The van der Waals surface area contributed by atoms with Crippen LogP contribution < -0.4 is 5.32 Å². The van der Waals surface area contributed by atoms with Crippen LogP contribution in [0.15, 0.2) is 17.8 Å². The molecule has 2 aromatic rings. The molecule has 19 heavy (non-hydrogen) atoms. The van der Waals surface area contributed by atoms with Gasteiger partial charge in [0.15, 0.2) is 0 Å². The Labute approximate surface area is 123 Å². The molecule has 0 aliphatic carbocycles. The van der Waals surface area contributed by atoms with Gasteiger partial charge in [-0.25, -0.2) is 9.97 Å². The van der Waals surface area contributed by atoms with Crippen LogP contribution in [0.5, 0.6) is 0 Å². The maximum Gasteiger partial charge on any atom is 0.0981 e. The van der Waals surface area contributed by atoms with Crippen molar-refractivity contribution < 1.29 is 0 Å². The van der Waals surface area contributed by atoms with Crippen molar-refractivity contribution in [1.82, 2.24) is 15.3 Å². The van der Waals surface area contributed by atoms with E-state index in [1.54, 1.807) is 22.7 Å². The summed E-state index contributed by atoms with van der Waals surface area (Å²) in [7, 11) is 0. The van der Waals surface area contributed by atoms with Crippen molar-refractivity contribution >= 4 is 22.7 Å². The molecular weight excluding hydrogens is 274 g/mol.